The summed E-state index contributed by atoms with van der Waals surface area (Å²) in [6.07, 6.45) is 0.389. The number of aryl methyl sites for hydroxylation is 2. The average molecular weight is 375 g/mol. The van der Waals surface area contributed by atoms with E-state index in [1.54, 1.807) is 0 Å². The van der Waals surface area contributed by atoms with E-state index in [0.29, 0.717) is 30.6 Å². The van der Waals surface area contributed by atoms with Gasteiger partial charge in [-0.1, -0.05) is 54.9 Å². The summed E-state index contributed by atoms with van der Waals surface area (Å²) in [6.45, 7) is 8.97. The van der Waals surface area contributed by atoms with Crippen LogP contribution in [-0.4, -0.2) is 22.6 Å². The predicted octanol–water partition coefficient (Wildman–Crippen LogP) is 5.00. The molecular formula is C23H25N3O2. The predicted molar refractivity (Wildman–Crippen MR) is 109 cm³/mol. The van der Waals surface area contributed by atoms with E-state index in [9.17, 15) is 4.79 Å². The second-order valence-corrected chi connectivity index (χ2v) is 7.93. The molecule has 1 saturated heterocycles. The van der Waals surface area contributed by atoms with Crippen molar-refractivity contribution in [3.05, 3.63) is 65.0 Å². The molecule has 1 aliphatic rings. The van der Waals surface area contributed by atoms with Crippen molar-refractivity contribution >= 4 is 11.6 Å². The number of aromatic nitrogens is 2. The maximum atomic E-state index is 12.6. The van der Waals surface area contributed by atoms with Crippen LogP contribution < -0.4 is 4.90 Å². The summed E-state index contributed by atoms with van der Waals surface area (Å²) in [6, 6.07) is 14.4. The number of benzene rings is 2. The van der Waals surface area contributed by atoms with E-state index in [4.69, 9.17) is 4.52 Å². The van der Waals surface area contributed by atoms with Crippen LogP contribution in [0.4, 0.5) is 5.69 Å². The molecule has 5 heteroatoms. The lowest BCUT2D eigenvalue weighted by Gasteiger charge is -2.18. The molecule has 4 rings (SSSR count). The Balaban J connectivity index is 1.56. The summed E-state index contributed by atoms with van der Waals surface area (Å²) in [5.74, 6) is 1.55. The van der Waals surface area contributed by atoms with Gasteiger partial charge in [-0.2, -0.15) is 4.98 Å². The van der Waals surface area contributed by atoms with Crippen LogP contribution in [0, 0.1) is 13.8 Å². The summed E-state index contributed by atoms with van der Waals surface area (Å²) in [4.78, 5) is 19.1. The number of rotatable bonds is 4. The number of amides is 1. The third kappa shape index (κ3) is 3.44. The highest BCUT2D eigenvalue weighted by Gasteiger charge is 2.35. The van der Waals surface area contributed by atoms with Crippen molar-refractivity contribution in [1.82, 2.24) is 10.1 Å². The van der Waals surface area contributed by atoms with Crippen LogP contribution in [0.15, 0.2) is 47.0 Å². The standard InChI is InChI=1S/C23H25N3O2/c1-14(2)17-6-5-7-19(11-17)26-13-18(12-21(26)27)23-24-22(25-28-23)20-9-8-15(3)10-16(20)4/h5-11,14,18H,12-13H2,1-4H3. The molecule has 3 aromatic rings. The van der Waals surface area contributed by atoms with Crippen LogP contribution >= 0.6 is 0 Å². The van der Waals surface area contributed by atoms with Crippen molar-refractivity contribution in [2.24, 2.45) is 0 Å². The lowest BCUT2D eigenvalue weighted by atomic mass is 10.0. The van der Waals surface area contributed by atoms with Gasteiger partial charge < -0.3 is 9.42 Å². The highest BCUT2D eigenvalue weighted by molar-refractivity contribution is 5.96. The van der Waals surface area contributed by atoms with E-state index in [1.807, 2.05) is 36.1 Å². The Labute approximate surface area is 165 Å². The fourth-order valence-electron chi connectivity index (χ4n) is 3.75. The minimum absolute atomic E-state index is 0.0813. The molecular weight excluding hydrogens is 350 g/mol. The van der Waals surface area contributed by atoms with Gasteiger partial charge in [-0.15, -0.1) is 0 Å². The minimum Gasteiger partial charge on any atom is -0.339 e. The van der Waals surface area contributed by atoms with Crippen molar-refractivity contribution in [3.8, 4) is 11.4 Å². The Kier molecular flexibility index (Phi) is 4.75. The first kappa shape index (κ1) is 18.4. The van der Waals surface area contributed by atoms with Gasteiger partial charge in [-0.3, -0.25) is 4.79 Å². The highest BCUT2D eigenvalue weighted by Crippen LogP contribution is 2.33. The van der Waals surface area contributed by atoms with Crippen LogP contribution in [0.5, 0.6) is 0 Å². The average Bonchev–Trinajstić information content (AvgIpc) is 3.28. The van der Waals surface area contributed by atoms with Gasteiger partial charge in [0.05, 0.1) is 5.92 Å². The third-order valence-electron chi connectivity index (χ3n) is 5.39. The summed E-state index contributed by atoms with van der Waals surface area (Å²) in [7, 11) is 0. The first-order valence-electron chi connectivity index (χ1n) is 9.74. The molecule has 144 valence electrons. The van der Waals surface area contributed by atoms with E-state index < -0.39 is 0 Å². The van der Waals surface area contributed by atoms with Crippen LogP contribution in [0.3, 0.4) is 0 Å². The lowest BCUT2D eigenvalue weighted by Crippen LogP contribution is -2.24. The summed E-state index contributed by atoms with van der Waals surface area (Å²) in [5.41, 5.74) is 5.44. The molecule has 2 heterocycles. The van der Waals surface area contributed by atoms with Crippen molar-refractivity contribution in [2.75, 3.05) is 11.4 Å². The number of hydrogen-bond donors (Lipinski definition) is 0. The quantitative estimate of drug-likeness (QED) is 0.644. The van der Waals surface area contributed by atoms with E-state index in [-0.39, 0.29) is 11.8 Å². The first-order valence-corrected chi connectivity index (χ1v) is 9.74. The Hall–Kier alpha value is -2.95. The Morgan fingerprint density at radius 1 is 1.14 bits per heavy atom. The molecule has 0 bridgehead atoms. The van der Waals surface area contributed by atoms with Gasteiger partial charge in [0.25, 0.3) is 0 Å². The maximum Gasteiger partial charge on any atom is 0.232 e. The first-order chi connectivity index (χ1) is 13.4. The molecule has 0 N–H and O–H groups in total. The van der Waals surface area contributed by atoms with Crippen molar-refractivity contribution < 1.29 is 9.32 Å². The van der Waals surface area contributed by atoms with E-state index >= 15 is 0 Å². The van der Waals surface area contributed by atoms with E-state index in [2.05, 4.69) is 49.1 Å². The smallest absolute Gasteiger partial charge is 0.232 e. The molecule has 1 fully saturated rings. The molecule has 1 unspecified atom stereocenters. The van der Waals surface area contributed by atoms with E-state index in [0.717, 1.165) is 16.8 Å². The second kappa shape index (κ2) is 7.23. The molecule has 0 aliphatic carbocycles. The number of anilines is 1. The van der Waals surface area contributed by atoms with Crippen molar-refractivity contribution in [3.63, 3.8) is 0 Å². The zero-order valence-corrected chi connectivity index (χ0v) is 16.8. The zero-order valence-electron chi connectivity index (χ0n) is 16.8. The SMILES string of the molecule is Cc1ccc(-c2noc(C3CC(=O)N(c4cccc(C(C)C)c4)C3)n2)c(C)c1. The summed E-state index contributed by atoms with van der Waals surface area (Å²) in [5, 5.41) is 4.17. The fraction of sp³-hybridized carbons (Fsp3) is 0.348. The van der Waals surface area contributed by atoms with Crippen molar-refractivity contribution in [2.45, 2.75) is 46.0 Å². The van der Waals surface area contributed by atoms with Crippen LogP contribution in [0.2, 0.25) is 0 Å². The fourth-order valence-corrected chi connectivity index (χ4v) is 3.75. The third-order valence-corrected chi connectivity index (χ3v) is 5.39. The lowest BCUT2D eigenvalue weighted by molar-refractivity contribution is -0.117. The van der Waals surface area contributed by atoms with Crippen LogP contribution in [-0.2, 0) is 4.79 Å². The van der Waals surface area contributed by atoms with Crippen molar-refractivity contribution in [1.29, 1.82) is 0 Å². The molecule has 1 aromatic heterocycles. The number of carbonyl (C=O) groups is 1. The Morgan fingerprint density at radius 3 is 2.71 bits per heavy atom. The van der Waals surface area contributed by atoms with Gasteiger partial charge in [0.1, 0.15) is 0 Å². The monoisotopic (exact) mass is 375 g/mol. The van der Waals surface area contributed by atoms with Gasteiger partial charge in [-0.25, -0.2) is 0 Å². The summed E-state index contributed by atoms with van der Waals surface area (Å²) >= 11 is 0. The van der Waals surface area contributed by atoms with Gasteiger partial charge in [0.15, 0.2) is 0 Å². The molecule has 0 radical (unpaired) electrons. The van der Waals surface area contributed by atoms with Crippen LogP contribution in [0.25, 0.3) is 11.4 Å². The number of nitrogens with zero attached hydrogens (tertiary/aromatic N) is 3. The molecule has 28 heavy (non-hydrogen) atoms. The Bertz CT molecular complexity index is 1020. The molecule has 0 spiro atoms. The minimum atomic E-state index is -0.0813. The molecule has 5 nitrogen and oxygen atoms in total. The van der Waals surface area contributed by atoms with Gasteiger partial charge in [0, 0.05) is 24.2 Å². The molecule has 2 aromatic carbocycles. The summed E-state index contributed by atoms with van der Waals surface area (Å²) < 4.78 is 5.54. The molecule has 1 atom stereocenters. The largest absolute Gasteiger partial charge is 0.339 e. The van der Waals surface area contributed by atoms with Gasteiger partial charge >= 0.3 is 0 Å². The molecule has 1 amide bonds. The topological polar surface area (TPSA) is 59.2 Å². The van der Waals surface area contributed by atoms with E-state index in [1.165, 1.54) is 11.1 Å². The highest BCUT2D eigenvalue weighted by atomic mass is 16.5. The normalized spacial score (nSPS) is 17.0. The zero-order chi connectivity index (χ0) is 19.8. The van der Waals surface area contributed by atoms with Gasteiger partial charge in [-0.05, 0) is 43.0 Å². The molecule has 1 aliphatic heterocycles. The number of hydrogen-bond acceptors (Lipinski definition) is 4. The second-order valence-electron chi connectivity index (χ2n) is 7.93. The maximum absolute atomic E-state index is 12.6. The van der Waals surface area contributed by atoms with Gasteiger partial charge in [0.2, 0.25) is 17.6 Å². The number of carbonyl (C=O) groups excluding carboxylic acids is 1. The molecule has 0 saturated carbocycles. The van der Waals surface area contributed by atoms with Crippen LogP contribution in [0.1, 0.15) is 54.7 Å². The Morgan fingerprint density at radius 2 is 1.96 bits per heavy atom.